The Labute approximate surface area is 218 Å². The molecule has 5 rings (SSSR count). The molecule has 1 aliphatic heterocycles. The highest BCUT2D eigenvalue weighted by Crippen LogP contribution is 2.24. The summed E-state index contributed by atoms with van der Waals surface area (Å²) in [6, 6.07) is 27.8. The quantitative estimate of drug-likeness (QED) is 0.352. The summed E-state index contributed by atoms with van der Waals surface area (Å²) in [5.74, 6) is 0.503. The number of benzene rings is 3. The molecule has 1 saturated heterocycles. The summed E-state index contributed by atoms with van der Waals surface area (Å²) in [4.78, 5) is 26.3. The molecule has 0 unspecified atom stereocenters. The molecule has 0 bridgehead atoms. The SMILES string of the molecule is CCN1CCN(c2ccc(Nc3nccc(-c4ccc(NC(=O)Cc5ccccc5)cc4)n3)cc2)CC1. The van der Waals surface area contributed by atoms with Gasteiger partial charge in [-0.1, -0.05) is 49.4 Å². The van der Waals surface area contributed by atoms with Crippen molar-refractivity contribution in [1.82, 2.24) is 14.9 Å². The second kappa shape index (κ2) is 11.7. The lowest BCUT2D eigenvalue weighted by Crippen LogP contribution is -2.46. The summed E-state index contributed by atoms with van der Waals surface area (Å²) in [6.07, 6.45) is 2.10. The molecule has 7 heteroatoms. The lowest BCUT2D eigenvalue weighted by Gasteiger charge is -2.35. The first-order valence-electron chi connectivity index (χ1n) is 12.8. The van der Waals surface area contributed by atoms with Crippen LogP contribution >= 0.6 is 0 Å². The van der Waals surface area contributed by atoms with Crippen LogP contribution in [0.25, 0.3) is 11.3 Å². The van der Waals surface area contributed by atoms with Crippen LogP contribution in [0.1, 0.15) is 12.5 Å². The number of carbonyl (C=O) groups is 1. The van der Waals surface area contributed by atoms with E-state index in [1.807, 2.05) is 60.7 Å². The number of anilines is 4. The van der Waals surface area contributed by atoms with Gasteiger partial charge in [-0.05, 0) is 54.6 Å². The van der Waals surface area contributed by atoms with E-state index in [1.54, 1.807) is 6.20 Å². The largest absolute Gasteiger partial charge is 0.369 e. The number of piperazine rings is 1. The molecule has 0 saturated carbocycles. The Morgan fingerprint density at radius 2 is 1.54 bits per heavy atom. The van der Waals surface area contributed by atoms with Crippen LogP contribution < -0.4 is 15.5 Å². The van der Waals surface area contributed by atoms with Crippen LogP contribution in [0, 0.1) is 0 Å². The average Bonchev–Trinajstić information content (AvgIpc) is 2.95. The number of hydrogen-bond donors (Lipinski definition) is 2. The fourth-order valence-corrected chi connectivity index (χ4v) is 4.50. The van der Waals surface area contributed by atoms with Crippen molar-refractivity contribution >= 4 is 28.9 Å². The maximum absolute atomic E-state index is 12.3. The van der Waals surface area contributed by atoms with E-state index in [-0.39, 0.29) is 5.91 Å². The van der Waals surface area contributed by atoms with E-state index in [2.05, 4.69) is 61.6 Å². The Balaban J connectivity index is 1.19. The minimum absolute atomic E-state index is 0.0401. The third-order valence-corrected chi connectivity index (χ3v) is 6.64. The molecule has 188 valence electrons. The first-order valence-corrected chi connectivity index (χ1v) is 12.8. The monoisotopic (exact) mass is 492 g/mol. The Morgan fingerprint density at radius 3 is 2.24 bits per heavy atom. The van der Waals surface area contributed by atoms with Gasteiger partial charge in [-0.3, -0.25) is 4.79 Å². The summed E-state index contributed by atoms with van der Waals surface area (Å²) in [7, 11) is 0. The molecule has 1 amide bonds. The molecular formula is C30H32N6O. The van der Waals surface area contributed by atoms with Gasteiger partial charge in [-0.15, -0.1) is 0 Å². The first-order chi connectivity index (χ1) is 18.2. The molecule has 1 aromatic heterocycles. The van der Waals surface area contributed by atoms with Crippen molar-refractivity contribution in [3.63, 3.8) is 0 Å². The molecule has 0 spiro atoms. The number of likely N-dealkylation sites (N-methyl/N-ethyl adjacent to an activating group) is 1. The van der Waals surface area contributed by atoms with Gasteiger partial charge in [0.15, 0.2) is 0 Å². The Hall–Kier alpha value is -4.23. The van der Waals surface area contributed by atoms with E-state index in [9.17, 15) is 4.79 Å². The van der Waals surface area contributed by atoms with Gasteiger partial charge in [0.05, 0.1) is 12.1 Å². The highest BCUT2D eigenvalue weighted by molar-refractivity contribution is 5.92. The summed E-state index contributed by atoms with van der Waals surface area (Å²) in [5.41, 5.74) is 5.70. The van der Waals surface area contributed by atoms with Gasteiger partial charge in [0.1, 0.15) is 0 Å². The molecule has 1 aliphatic rings. The predicted molar refractivity (Wildman–Crippen MR) is 150 cm³/mol. The maximum Gasteiger partial charge on any atom is 0.228 e. The van der Waals surface area contributed by atoms with Gasteiger partial charge >= 0.3 is 0 Å². The van der Waals surface area contributed by atoms with E-state index < -0.39 is 0 Å². The van der Waals surface area contributed by atoms with Crippen molar-refractivity contribution in [1.29, 1.82) is 0 Å². The van der Waals surface area contributed by atoms with Crippen molar-refractivity contribution < 1.29 is 4.79 Å². The molecule has 3 aromatic carbocycles. The van der Waals surface area contributed by atoms with Crippen LogP contribution in [-0.4, -0.2) is 53.5 Å². The molecule has 1 fully saturated rings. The number of hydrogen-bond acceptors (Lipinski definition) is 6. The predicted octanol–water partition coefficient (Wildman–Crippen LogP) is 5.21. The fraction of sp³-hybridized carbons (Fsp3) is 0.233. The third kappa shape index (κ3) is 6.51. The van der Waals surface area contributed by atoms with E-state index in [0.29, 0.717) is 12.4 Å². The van der Waals surface area contributed by atoms with Crippen molar-refractivity contribution in [3.05, 3.63) is 96.7 Å². The molecule has 0 radical (unpaired) electrons. The summed E-state index contributed by atoms with van der Waals surface area (Å²) >= 11 is 0. The Bertz CT molecular complexity index is 1300. The van der Waals surface area contributed by atoms with Gasteiger partial charge in [0, 0.05) is 55.0 Å². The third-order valence-electron chi connectivity index (χ3n) is 6.64. The van der Waals surface area contributed by atoms with E-state index in [0.717, 1.165) is 60.9 Å². The Kier molecular flexibility index (Phi) is 7.72. The molecule has 2 N–H and O–H groups in total. The van der Waals surface area contributed by atoms with Gasteiger partial charge in [0.2, 0.25) is 11.9 Å². The van der Waals surface area contributed by atoms with Crippen LogP contribution in [0.5, 0.6) is 0 Å². The first kappa shape index (κ1) is 24.5. The number of nitrogens with zero attached hydrogens (tertiary/aromatic N) is 4. The summed E-state index contributed by atoms with van der Waals surface area (Å²) in [6.45, 7) is 7.67. The van der Waals surface area contributed by atoms with Crippen LogP contribution in [0.4, 0.5) is 23.0 Å². The van der Waals surface area contributed by atoms with Crippen molar-refractivity contribution in [2.45, 2.75) is 13.3 Å². The molecule has 7 nitrogen and oxygen atoms in total. The number of rotatable bonds is 8. The van der Waals surface area contributed by atoms with E-state index >= 15 is 0 Å². The molecule has 2 heterocycles. The fourth-order valence-electron chi connectivity index (χ4n) is 4.50. The second-order valence-corrected chi connectivity index (χ2v) is 9.15. The second-order valence-electron chi connectivity index (χ2n) is 9.15. The standard InChI is InChI=1S/C30H32N6O/c1-2-35-18-20-36(21-19-35)27-14-12-26(13-15-27)33-30-31-17-16-28(34-30)24-8-10-25(11-9-24)32-29(37)22-23-6-4-3-5-7-23/h3-17H,2,18-22H2,1H3,(H,32,37)(H,31,33,34). The molecule has 37 heavy (non-hydrogen) atoms. The van der Waals surface area contributed by atoms with E-state index in [4.69, 9.17) is 0 Å². The molecule has 0 atom stereocenters. The van der Waals surface area contributed by atoms with Gasteiger partial charge in [0.25, 0.3) is 0 Å². The van der Waals surface area contributed by atoms with Gasteiger partial charge in [-0.25, -0.2) is 9.97 Å². The minimum atomic E-state index is -0.0401. The number of aromatic nitrogens is 2. The minimum Gasteiger partial charge on any atom is -0.369 e. The topological polar surface area (TPSA) is 73.4 Å². The number of amides is 1. The van der Waals surface area contributed by atoms with Crippen molar-refractivity contribution in [3.8, 4) is 11.3 Å². The zero-order valence-electron chi connectivity index (χ0n) is 21.1. The zero-order valence-corrected chi connectivity index (χ0v) is 21.1. The number of nitrogens with one attached hydrogen (secondary N) is 2. The highest BCUT2D eigenvalue weighted by atomic mass is 16.1. The summed E-state index contributed by atoms with van der Waals surface area (Å²) in [5, 5.41) is 6.27. The molecular weight excluding hydrogens is 460 g/mol. The summed E-state index contributed by atoms with van der Waals surface area (Å²) < 4.78 is 0. The lowest BCUT2D eigenvalue weighted by molar-refractivity contribution is -0.115. The average molecular weight is 493 g/mol. The Morgan fingerprint density at radius 1 is 0.838 bits per heavy atom. The van der Waals surface area contributed by atoms with E-state index in [1.165, 1.54) is 5.69 Å². The highest BCUT2D eigenvalue weighted by Gasteiger charge is 2.15. The zero-order chi connectivity index (χ0) is 25.5. The van der Waals surface area contributed by atoms with Gasteiger partial charge in [-0.2, -0.15) is 0 Å². The maximum atomic E-state index is 12.3. The van der Waals surface area contributed by atoms with Crippen LogP contribution in [0.3, 0.4) is 0 Å². The normalized spacial score (nSPS) is 13.8. The van der Waals surface area contributed by atoms with Crippen LogP contribution in [0.15, 0.2) is 91.1 Å². The van der Waals surface area contributed by atoms with Crippen LogP contribution in [-0.2, 0) is 11.2 Å². The smallest absolute Gasteiger partial charge is 0.228 e. The van der Waals surface area contributed by atoms with Crippen molar-refractivity contribution in [2.24, 2.45) is 0 Å². The lowest BCUT2D eigenvalue weighted by atomic mass is 10.1. The molecule has 0 aliphatic carbocycles. The number of carbonyl (C=O) groups excluding carboxylic acids is 1. The van der Waals surface area contributed by atoms with Gasteiger partial charge < -0.3 is 20.4 Å². The van der Waals surface area contributed by atoms with Crippen LogP contribution in [0.2, 0.25) is 0 Å². The van der Waals surface area contributed by atoms with Crippen molar-refractivity contribution in [2.75, 3.05) is 48.3 Å². The molecule has 4 aromatic rings.